The third-order valence-electron chi connectivity index (χ3n) is 3.91. The highest BCUT2D eigenvalue weighted by atomic mass is 16.3. The molecule has 5 nitrogen and oxygen atoms in total. The van der Waals surface area contributed by atoms with E-state index >= 15 is 0 Å². The lowest BCUT2D eigenvalue weighted by Crippen LogP contribution is -2.28. The molecule has 5 heteroatoms. The highest BCUT2D eigenvalue weighted by molar-refractivity contribution is 5.74. The average molecular weight is 260 g/mol. The average Bonchev–Trinajstić information content (AvgIpc) is 2.34. The maximum atomic E-state index is 11.3. The van der Waals surface area contributed by atoms with Gasteiger partial charge < -0.3 is 15.1 Å². The second-order valence-electron chi connectivity index (χ2n) is 5.26. The van der Waals surface area contributed by atoms with Crippen LogP contribution in [0.5, 0.6) is 0 Å². The van der Waals surface area contributed by atoms with E-state index in [-0.39, 0.29) is 0 Å². The summed E-state index contributed by atoms with van der Waals surface area (Å²) in [5.41, 5.74) is 0.578. The van der Waals surface area contributed by atoms with Crippen molar-refractivity contribution in [1.82, 2.24) is 9.97 Å². The van der Waals surface area contributed by atoms with Crippen LogP contribution in [0, 0.1) is 5.92 Å². The minimum absolute atomic E-state index is 0.509. The number of hydrogen-bond acceptors (Lipinski definition) is 3. The largest absolute Gasteiger partial charge is 0.388 e. The molecular weight excluding hydrogens is 244 g/mol. The van der Waals surface area contributed by atoms with Crippen LogP contribution in [0.25, 0.3) is 11.0 Å². The van der Waals surface area contributed by atoms with Gasteiger partial charge in [-0.3, -0.25) is 9.59 Å². The normalized spacial score (nSPS) is 17.3. The smallest absolute Gasteiger partial charge is 0.314 e. The zero-order valence-corrected chi connectivity index (χ0v) is 10.5. The van der Waals surface area contributed by atoms with Gasteiger partial charge >= 0.3 is 11.1 Å². The van der Waals surface area contributed by atoms with Crippen molar-refractivity contribution in [2.75, 3.05) is 0 Å². The van der Waals surface area contributed by atoms with Crippen molar-refractivity contribution in [1.29, 1.82) is 0 Å². The fourth-order valence-corrected chi connectivity index (χ4v) is 2.52. The fourth-order valence-electron chi connectivity index (χ4n) is 2.52. The van der Waals surface area contributed by atoms with Crippen LogP contribution in [0.1, 0.15) is 37.4 Å². The molecule has 1 fully saturated rings. The van der Waals surface area contributed by atoms with Crippen LogP contribution in [0.15, 0.2) is 27.8 Å². The maximum Gasteiger partial charge on any atom is 0.314 e. The van der Waals surface area contributed by atoms with Crippen LogP contribution in [0.4, 0.5) is 0 Å². The molecule has 0 radical (unpaired) electrons. The number of aliphatic hydroxyl groups excluding tert-OH is 1. The Balaban J connectivity index is 1.93. The summed E-state index contributed by atoms with van der Waals surface area (Å²) in [6.45, 7) is 0. The van der Waals surface area contributed by atoms with Gasteiger partial charge in [0.1, 0.15) is 0 Å². The lowest BCUT2D eigenvalue weighted by molar-refractivity contribution is 0.118. The number of aromatic amines is 2. The number of aromatic nitrogens is 2. The first-order valence-corrected chi connectivity index (χ1v) is 6.58. The second-order valence-corrected chi connectivity index (χ2v) is 5.26. The molecule has 100 valence electrons. The summed E-state index contributed by atoms with van der Waals surface area (Å²) in [5, 5.41) is 10.2. The van der Waals surface area contributed by atoms with Crippen molar-refractivity contribution in [3.05, 3.63) is 44.5 Å². The maximum absolute atomic E-state index is 11.3. The Kier molecular flexibility index (Phi) is 2.98. The Morgan fingerprint density at radius 2 is 1.84 bits per heavy atom. The molecule has 3 N–H and O–H groups in total. The predicted molar refractivity (Wildman–Crippen MR) is 72.1 cm³/mol. The third-order valence-corrected chi connectivity index (χ3v) is 3.91. The van der Waals surface area contributed by atoms with Gasteiger partial charge in [-0.2, -0.15) is 0 Å². The third kappa shape index (κ3) is 2.33. The van der Waals surface area contributed by atoms with Crippen LogP contribution in [-0.4, -0.2) is 15.1 Å². The SMILES string of the molecule is O=c1[nH]c2ccc(C(O)CC3CCC3)cc2[nH]c1=O. The molecule has 1 unspecified atom stereocenters. The quantitative estimate of drug-likeness (QED) is 0.730. The van der Waals surface area contributed by atoms with Crippen LogP contribution >= 0.6 is 0 Å². The molecule has 0 bridgehead atoms. The molecular formula is C14H16N2O3. The van der Waals surface area contributed by atoms with Gasteiger partial charge in [0.05, 0.1) is 17.1 Å². The van der Waals surface area contributed by atoms with Gasteiger partial charge in [0, 0.05) is 0 Å². The zero-order chi connectivity index (χ0) is 13.4. The van der Waals surface area contributed by atoms with E-state index < -0.39 is 17.2 Å². The van der Waals surface area contributed by atoms with Crippen LogP contribution in [0.3, 0.4) is 0 Å². The van der Waals surface area contributed by atoms with E-state index in [2.05, 4.69) is 9.97 Å². The van der Waals surface area contributed by atoms with Crippen molar-refractivity contribution in [3.63, 3.8) is 0 Å². The van der Waals surface area contributed by atoms with Gasteiger partial charge in [-0.1, -0.05) is 25.3 Å². The van der Waals surface area contributed by atoms with Crippen LogP contribution in [-0.2, 0) is 0 Å². The van der Waals surface area contributed by atoms with Crippen LogP contribution in [0.2, 0.25) is 0 Å². The zero-order valence-electron chi connectivity index (χ0n) is 10.5. The molecule has 3 rings (SSSR count). The molecule has 0 amide bonds. The van der Waals surface area contributed by atoms with Crippen molar-refractivity contribution < 1.29 is 5.11 Å². The molecule has 1 aromatic carbocycles. The monoisotopic (exact) mass is 260 g/mol. The number of benzene rings is 1. The van der Waals surface area contributed by atoms with E-state index in [1.165, 1.54) is 19.3 Å². The topological polar surface area (TPSA) is 85.9 Å². The summed E-state index contributed by atoms with van der Waals surface area (Å²) >= 11 is 0. The number of hydrogen-bond donors (Lipinski definition) is 3. The first-order valence-electron chi connectivity index (χ1n) is 6.58. The van der Waals surface area contributed by atoms with E-state index in [0.717, 1.165) is 12.0 Å². The summed E-state index contributed by atoms with van der Waals surface area (Å²) in [6, 6.07) is 5.24. The number of aliphatic hydroxyl groups is 1. The molecule has 1 aromatic heterocycles. The summed E-state index contributed by atoms with van der Waals surface area (Å²) < 4.78 is 0. The molecule has 2 aromatic rings. The highest BCUT2D eigenvalue weighted by Crippen LogP contribution is 2.34. The molecule has 0 spiro atoms. The minimum atomic E-state index is -0.668. The molecule has 1 atom stereocenters. The van der Waals surface area contributed by atoms with E-state index in [4.69, 9.17) is 0 Å². The summed E-state index contributed by atoms with van der Waals surface area (Å²) in [6.07, 6.45) is 3.89. The van der Waals surface area contributed by atoms with Gasteiger partial charge in [-0.25, -0.2) is 0 Å². The van der Waals surface area contributed by atoms with Gasteiger partial charge in [-0.15, -0.1) is 0 Å². The second kappa shape index (κ2) is 4.66. The molecule has 1 aliphatic rings. The van der Waals surface area contributed by atoms with Crippen molar-refractivity contribution >= 4 is 11.0 Å². The Labute approximate surface area is 109 Å². The van der Waals surface area contributed by atoms with Crippen molar-refractivity contribution in [3.8, 4) is 0 Å². The minimum Gasteiger partial charge on any atom is -0.388 e. The standard InChI is InChI=1S/C14H16N2O3/c17-12(6-8-2-1-3-8)9-4-5-10-11(7-9)16-14(19)13(18)15-10/h4-5,7-8,12,17H,1-3,6H2,(H,15,18)(H,16,19). The van der Waals surface area contributed by atoms with Gasteiger partial charge in [0.2, 0.25) is 0 Å². The van der Waals surface area contributed by atoms with E-state index in [1.807, 2.05) is 0 Å². The van der Waals surface area contributed by atoms with Gasteiger partial charge in [-0.05, 0) is 30.0 Å². The molecule has 0 saturated heterocycles. The summed E-state index contributed by atoms with van der Waals surface area (Å²) in [7, 11) is 0. The predicted octanol–water partition coefficient (Wildman–Crippen LogP) is 1.44. The highest BCUT2D eigenvalue weighted by Gasteiger charge is 2.21. The van der Waals surface area contributed by atoms with Crippen molar-refractivity contribution in [2.45, 2.75) is 31.8 Å². The first-order chi connectivity index (χ1) is 9.13. The Morgan fingerprint density at radius 3 is 2.47 bits per heavy atom. The number of nitrogens with one attached hydrogen (secondary N) is 2. The Bertz CT molecular complexity index is 712. The molecule has 0 aliphatic heterocycles. The number of H-pyrrole nitrogens is 2. The molecule has 1 saturated carbocycles. The number of fused-ring (bicyclic) bond motifs is 1. The van der Waals surface area contributed by atoms with E-state index in [0.29, 0.717) is 17.0 Å². The van der Waals surface area contributed by atoms with Crippen LogP contribution < -0.4 is 11.1 Å². The Hall–Kier alpha value is -1.88. The lowest BCUT2D eigenvalue weighted by Gasteiger charge is -2.27. The summed E-state index contributed by atoms with van der Waals surface area (Å²) in [5.74, 6) is 0.611. The van der Waals surface area contributed by atoms with E-state index in [9.17, 15) is 14.7 Å². The van der Waals surface area contributed by atoms with E-state index in [1.54, 1.807) is 18.2 Å². The van der Waals surface area contributed by atoms with Gasteiger partial charge in [0.15, 0.2) is 0 Å². The van der Waals surface area contributed by atoms with Gasteiger partial charge in [0.25, 0.3) is 0 Å². The molecule has 1 heterocycles. The van der Waals surface area contributed by atoms with Crippen molar-refractivity contribution in [2.24, 2.45) is 5.92 Å². The molecule has 1 aliphatic carbocycles. The molecule has 19 heavy (non-hydrogen) atoms. The Morgan fingerprint density at radius 1 is 1.16 bits per heavy atom. The lowest BCUT2D eigenvalue weighted by atomic mass is 9.80. The fraction of sp³-hybridized carbons (Fsp3) is 0.429. The summed E-state index contributed by atoms with van der Waals surface area (Å²) in [4.78, 5) is 27.5. The number of rotatable bonds is 3. The first kappa shape index (κ1) is 12.2.